The van der Waals surface area contributed by atoms with E-state index in [-0.39, 0.29) is 12.1 Å². The maximum Gasteiger partial charge on any atom is 0.317 e. The molecule has 0 bridgehead atoms. The number of likely N-dealkylation sites (tertiary alicyclic amines) is 1. The fourth-order valence-corrected chi connectivity index (χ4v) is 3.39. The molecular weight excluding hydrogens is 254 g/mol. The van der Waals surface area contributed by atoms with Crippen LogP contribution in [0.3, 0.4) is 0 Å². The number of carbonyl (C=O) groups excluding carboxylic acids is 1. The zero-order chi connectivity index (χ0) is 13.2. The number of carbonyl (C=O) groups is 1. The highest BCUT2D eigenvalue weighted by Gasteiger charge is 2.27. The highest BCUT2D eigenvalue weighted by atomic mass is 32.2. The lowest BCUT2D eigenvalue weighted by Gasteiger charge is -2.31. The Morgan fingerprint density at radius 3 is 2.17 bits per heavy atom. The van der Waals surface area contributed by atoms with Crippen LogP contribution in [0.15, 0.2) is 0 Å². The van der Waals surface area contributed by atoms with E-state index >= 15 is 0 Å². The Balaban J connectivity index is 1.78. The van der Waals surface area contributed by atoms with E-state index in [1.165, 1.54) is 10.6 Å². The van der Waals surface area contributed by atoms with Crippen LogP contribution in [0.2, 0.25) is 0 Å². The Morgan fingerprint density at radius 2 is 1.67 bits per heavy atom. The molecule has 6 nitrogen and oxygen atoms in total. The lowest BCUT2D eigenvalue weighted by molar-refractivity contribution is 0.197. The van der Waals surface area contributed by atoms with Crippen molar-refractivity contribution in [2.45, 2.75) is 31.7 Å². The number of nitrogens with one attached hydrogen (secondary N) is 1. The maximum absolute atomic E-state index is 11.9. The molecule has 2 saturated heterocycles. The van der Waals surface area contributed by atoms with Crippen molar-refractivity contribution in [2.75, 3.05) is 32.4 Å². The third-order valence-electron chi connectivity index (χ3n) is 3.64. The third kappa shape index (κ3) is 3.35. The molecule has 0 unspecified atom stereocenters. The number of urea groups is 1. The fraction of sp³-hybridized carbons (Fsp3) is 0.909. The highest BCUT2D eigenvalue weighted by Crippen LogP contribution is 2.14. The van der Waals surface area contributed by atoms with E-state index in [0.717, 1.165) is 25.9 Å². The Hall–Kier alpha value is -0.820. The van der Waals surface area contributed by atoms with Gasteiger partial charge in [-0.2, -0.15) is 0 Å². The van der Waals surface area contributed by atoms with Crippen molar-refractivity contribution >= 4 is 16.1 Å². The Labute approximate surface area is 108 Å². The summed E-state index contributed by atoms with van der Waals surface area (Å²) in [4.78, 5) is 13.7. The van der Waals surface area contributed by atoms with Crippen LogP contribution in [-0.4, -0.2) is 62.1 Å². The first-order valence-corrected chi connectivity index (χ1v) is 8.32. The van der Waals surface area contributed by atoms with Crippen molar-refractivity contribution in [1.29, 1.82) is 0 Å². The van der Waals surface area contributed by atoms with Gasteiger partial charge in [0.05, 0.1) is 6.26 Å². The second kappa shape index (κ2) is 5.44. The summed E-state index contributed by atoms with van der Waals surface area (Å²) in [6.07, 6.45) is 4.80. The van der Waals surface area contributed by atoms with Gasteiger partial charge in [-0.05, 0) is 25.7 Å². The van der Waals surface area contributed by atoms with E-state index < -0.39 is 10.0 Å². The maximum atomic E-state index is 11.9. The molecule has 0 radical (unpaired) electrons. The summed E-state index contributed by atoms with van der Waals surface area (Å²) in [6.45, 7) is 2.69. The monoisotopic (exact) mass is 275 g/mol. The molecule has 2 rings (SSSR count). The molecule has 2 heterocycles. The summed E-state index contributed by atoms with van der Waals surface area (Å²) in [5, 5.41) is 3.00. The molecular formula is C11H21N3O3S. The van der Waals surface area contributed by atoms with E-state index in [4.69, 9.17) is 0 Å². The number of amides is 2. The highest BCUT2D eigenvalue weighted by molar-refractivity contribution is 7.88. The van der Waals surface area contributed by atoms with Gasteiger partial charge in [0.25, 0.3) is 0 Å². The van der Waals surface area contributed by atoms with Crippen LogP contribution in [0.1, 0.15) is 25.7 Å². The Kier molecular flexibility index (Phi) is 4.11. The Bertz CT molecular complexity index is 396. The first kappa shape index (κ1) is 13.6. The van der Waals surface area contributed by atoms with Crippen LogP contribution in [0.25, 0.3) is 0 Å². The molecule has 0 aromatic rings. The van der Waals surface area contributed by atoms with Gasteiger partial charge in [0, 0.05) is 32.2 Å². The van der Waals surface area contributed by atoms with Gasteiger partial charge in [-0.15, -0.1) is 0 Å². The van der Waals surface area contributed by atoms with Crippen molar-refractivity contribution in [3.8, 4) is 0 Å². The van der Waals surface area contributed by atoms with Crippen molar-refractivity contribution in [3.05, 3.63) is 0 Å². The number of piperidine rings is 1. The molecule has 18 heavy (non-hydrogen) atoms. The molecule has 0 saturated carbocycles. The van der Waals surface area contributed by atoms with E-state index in [9.17, 15) is 13.2 Å². The second-order valence-electron chi connectivity index (χ2n) is 5.08. The molecule has 0 aromatic carbocycles. The van der Waals surface area contributed by atoms with Crippen LogP contribution in [0.4, 0.5) is 4.79 Å². The largest absolute Gasteiger partial charge is 0.335 e. The first-order chi connectivity index (χ1) is 8.47. The molecule has 2 fully saturated rings. The van der Waals surface area contributed by atoms with Gasteiger partial charge in [0.2, 0.25) is 10.0 Å². The van der Waals surface area contributed by atoms with E-state index in [1.54, 1.807) is 0 Å². The molecule has 1 N–H and O–H groups in total. The van der Waals surface area contributed by atoms with Gasteiger partial charge < -0.3 is 10.2 Å². The molecule has 0 atom stereocenters. The number of sulfonamides is 1. The molecule has 2 aliphatic heterocycles. The van der Waals surface area contributed by atoms with Crippen LogP contribution in [-0.2, 0) is 10.0 Å². The van der Waals surface area contributed by atoms with Crippen molar-refractivity contribution < 1.29 is 13.2 Å². The van der Waals surface area contributed by atoms with Crippen LogP contribution >= 0.6 is 0 Å². The summed E-state index contributed by atoms with van der Waals surface area (Å²) in [7, 11) is -3.08. The summed E-state index contributed by atoms with van der Waals surface area (Å²) in [5.74, 6) is 0. The minimum absolute atomic E-state index is 0.00491. The van der Waals surface area contributed by atoms with Gasteiger partial charge in [-0.1, -0.05) is 0 Å². The molecule has 104 valence electrons. The topological polar surface area (TPSA) is 69.7 Å². The van der Waals surface area contributed by atoms with Crippen molar-refractivity contribution in [1.82, 2.24) is 14.5 Å². The molecule has 2 aliphatic rings. The number of hydrogen-bond acceptors (Lipinski definition) is 3. The van der Waals surface area contributed by atoms with E-state index in [0.29, 0.717) is 25.9 Å². The van der Waals surface area contributed by atoms with Gasteiger partial charge in [0.15, 0.2) is 0 Å². The lowest BCUT2D eigenvalue weighted by atomic mass is 10.1. The summed E-state index contributed by atoms with van der Waals surface area (Å²) in [5.41, 5.74) is 0. The molecule has 7 heteroatoms. The lowest BCUT2D eigenvalue weighted by Crippen LogP contribution is -2.49. The second-order valence-corrected chi connectivity index (χ2v) is 7.06. The van der Waals surface area contributed by atoms with Crippen LogP contribution < -0.4 is 5.32 Å². The minimum atomic E-state index is -3.08. The van der Waals surface area contributed by atoms with E-state index in [2.05, 4.69) is 5.32 Å². The standard InChI is InChI=1S/C11H21N3O3S/c1-18(16,17)14-8-4-10(5-9-14)12-11(15)13-6-2-3-7-13/h10H,2-9H2,1H3,(H,12,15). The smallest absolute Gasteiger partial charge is 0.317 e. The van der Waals surface area contributed by atoms with E-state index in [1.807, 2.05) is 4.90 Å². The van der Waals surface area contributed by atoms with Gasteiger partial charge in [-0.3, -0.25) is 0 Å². The van der Waals surface area contributed by atoms with Crippen molar-refractivity contribution in [2.24, 2.45) is 0 Å². The predicted molar refractivity (Wildman–Crippen MR) is 68.8 cm³/mol. The quantitative estimate of drug-likeness (QED) is 0.783. The molecule has 0 aromatic heterocycles. The number of rotatable bonds is 2. The molecule has 2 amide bonds. The number of hydrogen-bond donors (Lipinski definition) is 1. The van der Waals surface area contributed by atoms with Crippen molar-refractivity contribution in [3.63, 3.8) is 0 Å². The summed E-state index contributed by atoms with van der Waals surface area (Å²) < 4.78 is 24.2. The van der Waals surface area contributed by atoms with Gasteiger partial charge in [-0.25, -0.2) is 17.5 Å². The minimum Gasteiger partial charge on any atom is -0.335 e. The third-order valence-corrected chi connectivity index (χ3v) is 4.95. The first-order valence-electron chi connectivity index (χ1n) is 6.47. The Morgan fingerprint density at radius 1 is 1.11 bits per heavy atom. The van der Waals surface area contributed by atoms with Gasteiger partial charge >= 0.3 is 6.03 Å². The van der Waals surface area contributed by atoms with Crippen LogP contribution in [0.5, 0.6) is 0 Å². The number of nitrogens with zero attached hydrogens (tertiary/aromatic N) is 2. The molecule has 0 spiro atoms. The summed E-state index contributed by atoms with van der Waals surface area (Å²) in [6, 6.07) is 0.112. The fourth-order valence-electron chi connectivity index (χ4n) is 2.52. The zero-order valence-electron chi connectivity index (χ0n) is 10.8. The SMILES string of the molecule is CS(=O)(=O)N1CCC(NC(=O)N2CCCC2)CC1. The average molecular weight is 275 g/mol. The van der Waals surface area contributed by atoms with Gasteiger partial charge in [0.1, 0.15) is 0 Å². The predicted octanol–water partition coefficient (Wildman–Crippen LogP) is 0.216. The summed E-state index contributed by atoms with van der Waals surface area (Å²) >= 11 is 0. The zero-order valence-corrected chi connectivity index (χ0v) is 11.6. The average Bonchev–Trinajstić information content (AvgIpc) is 2.82. The van der Waals surface area contributed by atoms with Crippen LogP contribution in [0, 0.1) is 0 Å². The normalized spacial score (nSPS) is 23.3. The molecule has 0 aliphatic carbocycles.